The molecule has 0 unspecified atom stereocenters. The van der Waals surface area contributed by atoms with Gasteiger partial charge in [0.2, 0.25) is 0 Å². The average molecular weight is 158 g/mol. The third-order valence-corrected chi connectivity index (χ3v) is 1.79. The highest BCUT2D eigenvalue weighted by Crippen LogP contribution is 2.16. The van der Waals surface area contributed by atoms with Crippen LogP contribution in [0.5, 0.6) is 0 Å². The fourth-order valence-corrected chi connectivity index (χ4v) is 1.14. The van der Waals surface area contributed by atoms with Gasteiger partial charge in [-0.25, -0.2) is 0 Å². The van der Waals surface area contributed by atoms with Gasteiger partial charge in [-0.1, -0.05) is 0 Å². The molecule has 64 valence electrons. The molecule has 0 aromatic carbocycles. The molecule has 0 aromatic rings. The first kappa shape index (κ1) is 8.68. The summed E-state index contributed by atoms with van der Waals surface area (Å²) in [5.41, 5.74) is 0. The van der Waals surface area contributed by atoms with E-state index in [0.29, 0.717) is 19.4 Å². The molecule has 0 aliphatic carbocycles. The van der Waals surface area contributed by atoms with Crippen LogP contribution in [-0.4, -0.2) is 24.8 Å². The number of ether oxygens (including phenoxy) is 2. The van der Waals surface area contributed by atoms with E-state index < -0.39 is 0 Å². The summed E-state index contributed by atoms with van der Waals surface area (Å²) < 4.78 is 10.5. The smallest absolute Gasteiger partial charge is 0.161 e. The molecule has 0 aromatic heterocycles. The Hall–Kier alpha value is -0.410. The molecule has 0 amide bonds. The van der Waals surface area contributed by atoms with Crippen LogP contribution in [0.25, 0.3) is 0 Å². The first-order valence-corrected chi connectivity index (χ1v) is 4.03. The minimum Gasteiger partial charge on any atom is -0.353 e. The predicted molar refractivity (Wildman–Crippen MR) is 40.2 cm³/mol. The van der Waals surface area contributed by atoms with Crippen molar-refractivity contribution in [3.63, 3.8) is 0 Å². The molecule has 3 nitrogen and oxygen atoms in total. The van der Waals surface area contributed by atoms with Gasteiger partial charge in [-0.05, 0) is 13.8 Å². The first-order valence-electron chi connectivity index (χ1n) is 4.03. The van der Waals surface area contributed by atoms with Crippen LogP contribution < -0.4 is 0 Å². The Kier molecular flexibility index (Phi) is 3.02. The van der Waals surface area contributed by atoms with Crippen LogP contribution in [0.3, 0.4) is 0 Å². The molecule has 0 saturated carbocycles. The zero-order valence-corrected chi connectivity index (χ0v) is 7.00. The zero-order chi connectivity index (χ0) is 8.27. The largest absolute Gasteiger partial charge is 0.353 e. The van der Waals surface area contributed by atoms with Crippen molar-refractivity contribution in [2.45, 2.75) is 39.1 Å². The minimum absolute atomic E-state index is 0.160. The van der Waals surface area contributed by atoms with Crippen LogP contribution in [0.1, 0.15) is 26.7 Å². The van der Waals surface area contributed by atoms with Crippen molar-refractivity contribution in [1.29, 1.82) is 0 Å². The van der Waals surface area contributed by atoms with Gasteiger partial charge in [0.25, 0.3) is 0 Å². The van der Waals surface area contributed by atoms with Gasteiger partial charge in [-0.3, -0.25) is 4.79 Å². The van der Waals surface area contributed by atoms with E-state index in [1.165, 1.54) is 0 Å². The van der Waals surface area contributed by atoms with Gasteiger partial charge in [0.05, 0.1) is 0 Å². The van der Waals surface area contributed by atoms with Gasteiger partial charge in [-0.15, -0.1) is 0 Å². The summed E-state index contributed by atoms with van der Waals surface area (Å²) in [7, 11) is 0. The number of carbonyl (C=O) groups is 1. The maximum Gasteiger partial charge on any atom is 0.161 e. The van der Waals surface area contributed by atoms with Gasteiger partial charge in [0, 0.05) is 19.4 Å². The zero-order valence-electron chi connectivity index (χ0n) is 7.00. The lowest BCUT2D eigenvalue weighted by Crippen LogP contribution is -2.34. The Bertz CT molecular complexity index is 144. The van der Waals surface area contributed by atoms with E-state index in [4.69, 9.17) is 9.47 Å². The fraction of sp³-hybridized carbons (Fsp3) is 0.875. The molecule has 0 N–H and O–H groups in total. The van der Waals surface area contributed by atoms with E-state index in [0.717, 1.165) is 0 Å². The second kappa shape index (κ2) is 3.83. The maximum absolute atomic E-state index is 11.0. The summed E-state index contributed by atoms with van der Waals surface area (Å²) in [6.45, 7) is 4.34. The molecule has 0 radical (unpaired) electrons. The molecule has 0 spiro atoms. The molecule has 1 aliphatic heterocycles. The molecule has 1 fully saturated rings. The highest BCUT2D eigenvalue weighted by Gasteiger charge is 2.25. The highest BCUT2D eigenvalue weighted by molar-refractivity contribution is 5.83. The molecule has 1 rings (SSSR count). The molecule has 11 heavy (non-hydrogen) atoms. The lowest BCUT2D eigenvalue weighted by Gasteiger charge is -2.26. The summed E-state index contributed by atoms with van der Waals surface area (Å²) in [5, 5.41) is 0. The summed E-state index contributed by atoms with van der Waals surface area (Å²) in [5.74, 6) is 0.181. The van der Waals surface area contributed by atoms with Crippen LogP contribution in [0, 0.1) is 0 Å². The van der Waals surface area contributed by atoms with Gasteiger partial charge in [-0.2, -0.15) is 0 Å². The average Bonchev–Trinajstić information content (AvgIpc) is 1.98. The number of hydrogen-bond donors (Lipinski definition) is 0. The number of ketones is 1. The van der Waals surface area contributed by atoms with E-state index in [1.807, 2.05) is 6.92 Å². The molecule has 2 atom stereocenters. The number of hydrogen-bond acceptors (Lipinski definition) is 3. The summed E-state index contributed by atoms with van der Waals surface area (Å²) >= 11 is 0. The minimum atomic E-state index is -0.278. The highest BCUT2D eigenvalue weighted by atomic mass is 16.7. The number of carbonyl (C=O) groups excluding carboxylic acids is 1. The van der Waals surface area contributed by atoms with E-state index >= 15 is 0 Å². The SMILES string of the molecule is CCO[C@@H]1CCC(=O)[C@@H](C)O1. The number of rotatable bonds is 2. The van der Waals surface area contributed by atoms with Crippen molar-refractivity contribution in [1.82, 2.24) is 0 Å². The van der Waals surface area contributed by atoms with E-state index in [9.17, 15) is 4.79 Å². The van der Waals surface area contributed by atoms with Gasteiger partial charge in [0.1, 0.15) is 6.10 Å². The lowest BCUT2D eigenvalue weighted by molar-refractivity contribution is -0.190. The Morgan fingerprint density at radius 2 is 2.45 bits per heavy atom. The van der Waals surface area contributed by atoms with Crippen LogP contribution in [-0.2, 0) is 14.3 Å². The third kappa shape index (κ3) is 2.27. The maximum atomic E-state index is 11.0. The van der Waals surface area contributed by atoms with Crippen LogP contribution in [0.2, 0.25) is 0 Å². The van der Waals surface area contributed by atoms with Gasteiger partial charge >= 0.3 is 0 Å². The Morgan fingerprint density at radius 3 is 3.00 bits per heavy atom. The molecule has 1 saturated heterocycles. The summed E-state index contributed by atoms with van der Waals surface area (Å²) in [4.78, 5) is 11.0. The van der Waals surface area contributed by atoms with Crippen LogP contribution >= 0.6 is 0 Å². The van der Waals surface area contributed by atoms with Crippen molar-refractivity contribution in [3.8, 4) is 0 Å². The van der Waals surface area contributed by atoms with E-state index in [2.05, 4.69) is 0 Å². The van der Waals surface area contributed by atoms with E-state index in [1.54, 1.807) is 6.92 Å². The molecule has 0 bridgehead atoms. The van der Waals surface area contributed by atoms with Crippen LogP contribution in [0.15, 0.2) is 0 Å². The second-order valence-corrected chi connectivity index (χ2v) is 2.67. The molecular weight excluding hydrogens is 144 g/mol. The van der Waals surface area contributed by atoms with Crippen molar-refractivity contribution < 1.29 is 14.3 Å². The standard InChI is InChI=1S/C8H14O3/c1-3-10-8-5-4-7(9)6(2)11-8/h6,8H,3-5H2,1-2H3/t6-,8+/m1/s1. The lowest BCUT2D eigenvalue weighted by atomic mass is 10.1. The van der Waals surface area contributed by atoms with Crippen molar-refractivity contribution >= 4 is 5.78 Å². The van der Waals surface area contributed by atoms with Crippen molar-refractivity contribution in [3.05, 3.63) is 0 Å². The molecule has 1 aliphatic rings. The predicted octanol–water partition coefficient (Wildman–Crippen LogP) is 1.12. The quantitative estimate of drug-likeness (QED) is 0.604. The van der Waals surface area contributed by atoms with Gasteiger partial charge in [0.15, 0.2) is 12.1 Å². The molecular formula is C8H14O3. The van der Waals surface area contributed by atoms with Crippen molar-refractivity contribution in [2.24, 2.45) is 0 Å². The Labute approximate surface area is 66.7 Å². The molecule has 1 heterocycles. The Morgan fingerprint density at radius 1 is 1.73 bits per heavy atom. The Balaban J connectivity index is 2.33. The van der Waals surface area contributed by atoms with Crippen LogP contribution in [0.4, 0.5) is 0 Å². The number of Topliss-reactive ketones (excluding diaryl/α,β-unsaturated/α-hetero) is 1. The van der Waals surface area contributed by atoms with Crippen molar-refractivity contribution in [2.75, 3.05) is 6.61 Å². The fourth-order valence-electron chi connectivity index (χ4n) is 1.14. The second-order valence-electron chi connectivity index (χ2n) is 2.67. The topological polar surface area (TPSA) is 35.5 Å². The molecule has 3 heteroatoms. The first-order chi connectivity index (χ1) is 5.24. The van der Waals surface area contributed by atoms with E-state index in [-0.39, 0.29) is 18.2 Å². The normalized spacial score (nSPS) is 32.4. The van der Waals surface area contributed by atoms with Gasteiger partial charge < -0.3 is 9.47 Å². The summed E-state index contributed by atoms with van der Waals surface area (Å²) in [6, 6.07) is 0. The monoisotopic (exact) mass is 158 g/mol. The third-order valence-electron chi connectivity index (χ3n) is 1.79. The summed E-state index contributed by atoms with van der Waals surface area (Å²) in [6.07, 6.45) is 0.857.